The molecule has 0 aliphatic carbocycles. The molecule has 28 heavy (non-hydrogen) atoms. The van der Waals surface area contributed by atoms with Gasteiger partial charge >= 0.3 is 6.09 Å². The van der Waals surface area contributed by atoms with Gasteiger partial charge in [-0.05, 0) is 64.3 Å². The maximum atomic E-state index is 12.7. The third-order valence-corrected chi connectivity index (χ3v) is 5.69. The second-order valence-electron chi connectivity index (χ2n) is 8.32. The number of piperidine rings is 1. The van der Waals surface area contributed by atoms with Gasteiger partial charge in [0.15, 0.2) is 0 Å². The lowest BCUT2D eigenvalue weighted by atomic mass is 9.71. The molecule has 1 saturated heterocycles. The van der Waals surface area contributed by atoms with E-state index in [9.17, 15) is 4.79 Å². The van der Waals surface area contributed by atoms with Crippen LogP contribution in [0, 0.1) is 11.3 Å². The van der Waals surface area contributed by atoms with Gasteiger partial charge < -0.3 is 15.0 Å². The number of hydrogen-bond acceptors (Lipinski definition) is 4. The van der Waals surface area contributed by atoms with Gasteiger partial charge in [-0.1, -0.05) is 29.3 Å². The summed E-state index contributed by atoms with van der Waals surface area (Å²) in [6, 6.07) is 7.87. The van der Waals surface area contributed by atoms with Crippen molar-refractivity contribution in [3.05, 3.63) is 33.8 Å². The zero-order chi connectivity index (χ0) is 20.8. The highest BCUT2D eigenvalue weighted by Crippen LogP contribution is 2.39. The first-order chi connectivity index (χ1) is 13.2. The molecule has 1 aromatic carbocycles. The van der Waals surface area contributed by atoms with E-state index in [1.807, 2.05) is 39.0 Å². The first kappa shape index (κ1) is 22.8. The monoisotopic (exact) mass is 425 g/mol. The van der Waals surface area contributed by atoms with Crippen molar-refractivity contribution in [2.75, 3.05) is 26.2 Å². The van der Waals surface area contributed by atoms with E-state index in [0.717, 1.165) is 31.4 Å². The smallest absolute Gasteiger partial charge is 0.410 e. The molecule has 1 N–H and O–H groups in total. The molecule has 1 aliphatic rings. The van der Waals surface area contributed by atoms with Crippen LogP contribution in [0.25, 0.3) is 0 Å². The van der Waals surface area contributed by atoms with E-state index in [0.29, 0.717) is 36.1 Å². The Hall–Kier alpha value is -1.48. The lowest BCUT2D eigenvalue weighted by Gasteiger charge is -2.44. The molecule has 1 aliphatic heterocycles. The molecule has 0 bridgehead atoms. The summed E-state index contributed by atoms with van der Waals surface area (Å²) in [6.07, 6.45) is 2.86. The van der Waals surface area contributed by atoms with Crippen molar-refractivity contribution in [2.45, 2.75) is 57.5 Å². The van der Waals surface area contributed by atoms with Crippen LogP contribution < -0.4 is 5.32 Å². The number of hydrogen-bond donors (Lipinski definition) is 1. The van der Waals surface area contributed by atoms with Crippen molar-refractivity contribution in [1.82, 2.24) is 10.2 Å². The molecule has 2 rings (SSSR count). The molecule has 5 nitrogen and oxygen atoms in total. The van der Waals surface area contributed by atoms with Crippen LogP contribution in [0.5, 0.6) is 0 Å². The van der Waals surface area contributed by atoms with Gasteiger partial charge in [0, 0.05) is 31.5 Å². The Morgan fingerprint density at radius 2 is 2.07 bits per heavy atom. The highest BCUT2D eigenvalue weighted by molar-refractivity contribution is 6.42. The van der Waals surface area contributed by atoms with Gasteiger partial charge in [0.1, 0.15) is 5.60 Å². The summed E-state index contributed by atoms with van der Waals surface area (Å²) < 4.78 is 5.59. The van der Waals surface area contributed by atoms with Gasteiger partial charge in [0.2, 0.25) is 0 Å². The number of carbonyl (C=O) groups excluding carboxylic acids is 1. The van der Waals surface area contributed by atoms with Gasteiger partial charge in [0.05, 0.1) is 16.1 Å². The fraction of sp³-hybridized carbons (Fsp3) is 0.619. The molecule has 1 heterocycles. The lowest BCUT2D eigenvalue weighted by molar-refractivity contribution is 0.0127. The predicted molar refractivity (Wildman–Crippen MR) is 113 cm³/mol. The molecule has 0 radical (unpaired) electrons. The number of likely N-dealkylation sites (tertiary alicyclic amines) is 1. The Labute approximate surface area is 177 Å². The molecule has 0 spiro atoms. The summed E-state index contributed by atoms with van der Waals surface area (Å²) in [4.78, 5) is 14.5. The number of amides is 1. The third-order valence-electron chi connectivity index (χ3n) is 4.95. The maximum Gasteiger partial charge on any atom is 0.410 e. The van der Waals surface area contributed by atoms with E-state index >= 15 is 0 Å². The second-order valence-corrected chi connectivity index (χ2v) is 9.14. The van der Waals surface area contributed by atoms with E-state index in [4.69, 9.17) is 33.2 Å². The first-order valence-corrected chi connectivity index (χ1v) is 10.4. The summed E-state index contributed by atoms with van der Waals surface area (Å²) in [5, 5.41) is 13.1. The molecule has 1 amide bonds. The fourth-order valence-corrected chi connectivity index (χ4v) is 3.92. The van der Waals surface area contributed by atoms with Crippen molar-refractivity contribution < 1.29 is 9.53 Å². The number of nitrogens with zero attached hydrogens (tertiary/aromatic N) is 2. The molecule has 1 fully saturated rings. The van der Waals surface area contributed by atoms with E-state index < -0.39 is 5.60 Å². The SMILES string of the molecule is CC(C)(C)OC(=O)N1CCC[C@](CCNCCC#N)(c2ccc(Cl)c(Cl)c2)C1. The molecular formula is C21H29Cl2N3O2. The van der Waals surface area contributed by atoms with E-state index in [1.165, 1.54) is 0 Å². The average molecular weight is 426 g/mol. The second kappa shape index (κ2) is 9.82. The van der Waals surface area contributed by atoms with Crippen LogP contribution in [0.15, 0.2) is 18.2 Å². The summed E-state index contributed by atoms with van der Waals surface area (Å²) >= 11 is 12.4. The summed E-state index contributed by atoms with van der Waals surface area (Å²) in [7, 11) is 0. The summed E-state index contributed by atoms with van der Waals surface area (Å²) in [6.45, 7) is 8.29. The van der Waals surface area contributed by atoms with E-state index in [-0.39, 0.29) is 11.5 Å². The van der Waals surface area contributed by atoms with Crippen LogP contribution in [-0.2, 0) is 10.2 Å². The number of halogens is 2. The zero-order valence-electron chi connectivity index (χ0n) is 16.9. The fourth-order valence-electron chi connectivity index (χ4n) is 3.62. The van der Waals surface area contributed by atoms with Gasteiger partial charge in [-0.2, -0.15) is 5.26 Å². The van der Waals surface area contributed by atoms with Crippen molar-refractivity contribution in [1.29, 1.82) is 5.26 Å². The minimum Gasteiger partial charge on any atom is -0.444 e. The molecular weight excluding hydrogens is 397 g/mol. The highest BCUT2D eigenvalue weighted by atomic mass is 35.5. The van der Waals surface area contributed by atoms with Crippen molar-refractivity contribution in [3.8, 4) is 6.07 Å². The Kier molecular flexibility index (Phi) is 8.00. The van der Waals surface area contributed by atoms with Crippen molar-refractivity contribution in [3.63, 3.8) is 0 Å². The molecule has 1 aromatic rings. The third kappa shape index (κ3) is 6.27. The summed E-state index contributed by atoms with van der Waals surface area (Å²) in [5.74, 6) is 0. The lowest BCUT2D eigenvalue weighted by Crippen LogP contribution is -2.50. The first-order valence-electron chi connectivity index (χ1n) is 9.68. The van der Waals surface area contributed by atoms with E-state index in [1.54, 1.807) is 4.90 Å². The van der Waals surface area contributed by atoms with Crippen LogP contribution in [-0.4, -0.2) is 42.8 Å². The number of ether oxygens (including phenoxy) is 1. The number of rotatable bonds is 6. The molecule has 0 aromatic heterocycles. The predicted octanol–water partition coefficient (Wildman–Crippen LogP) is 5.16. The minimum atomic E-state index is -0.528. The van der Waals surface area contributed by atoms with Crippen LogP contribution in [0.1, 0.15) is 52.0 Å². The van der Waals surface area contributed by atoms with E-state index in [2.05, 4.69) is 11.4 Å². The number of benzene rings is 1. The Balaban J connectivity index is 2.23. The van der Waals surface area contributed by atoms with Crippen molar-refractivity contribution in [2.24, 2.45) is 0 Å². The largest absolute Gasteiger partial charge is 0.444 e. The molecule has 7 heteroatoms. The Morgan fingerprint density at radius 1 is 1.32 bits per heavy atom. The quantitative estimate of drug-likeness (QED) is 0.639. The topological polar surface area (TPSA) is 65.4 Å². The van der Waals surface area contributed by atoms with Gasteiger partial charge in [-0.3, -0.25) is 0 Å². The standard InChI is InChI=1S/C21H29Cl2N3O2/c1-20(2,3)28-19(27)26-13-4-8-21(15-26,9-12-25-11-5-10-24)16-6-7-17(22)18(23)14-16/h6-7,14,25H,4-5,8-9,11-13,15H2,1-3H3/t21-/m1/s1. The van der Waals surface area contributed by atoms with Gasteiger partial charge in [-0.25, -0.2) is 4.79 Å². The van der Waals surface area contributed by atoms with Gasteiger partial charge in [-0.15, -0.1) is 0 Å². The van der Waals surface area contributed by atoms with Crippen LogP contribution in [0.4, 0.5) is 4.79 Å². The zero-order valence-corrected chi connectivity index (χ0v) is 18.4. The number of nitrogens with one attached hydrogen (secondary N) is 1. The Morgan fingerprint density at radius 3 is 2.71 bits per heavy atom. The van der Waals surface area contributed by atoms with Crippen LogP contribution in [0.2, 0.25) is 10.0 Å². The average Bonchev–Trinajstić information content (AvgIpc) is 2.62. The maximum absolute atomic E-state index is 12.7. The summed E-state index contributed by atoms with van der Waals surface area (Å²) in [5.41, 5.74) is 0.320. The highest BCUT2D eigenvalue weighted by Gasteiger charge is 2.39. The molecule has 0 unspecified atom stereocenters. The van der Waals surface area contributed by atoms with Crippen LogP contribution in [0.3, 0.4) is 0 Å². The molecule has 154 valence electrons. The molecule has 1 atom stereocenters. The Bertz CT molecular complexity index is 727. The normalized spacial score (nSPS) is 19.9. The number of carbonyl (C=O) groups is 1. The molecule has 0 saturated carbocycles. The van der Waals surface area contributed by atoms with Crippen LogP contribution >= 0.6 is 23.2 Å². The van der Waals surface area contributed by atoms with Crippen molar-refractivity contribution >= 4 is 29.3 Å². The number of nitriles is 1. The minimum absolute atomic E-state index is 0.233. The van der Waals surface area contributed by atoms with Gasteiger partial charge in [0.25, 0.3) is 0 Å².